The lowest BCUT2D eigenvalue weighted by molar-refractivity contribution is -0.217. The lowest BCUT2D eigenvalue weighted by Gasteiger charge is -2.32. The molecule has 2 aliphatic rings. The Morgan fingerprint density at radius 1 is 0.962 bits per heavy atom. The summed E-state index contributed by atoms with van der Waals surface area (Å²) < 4.78 is 12.7. The molecule has 0 bridgehead atoms. The predicted octanol–water partition coefficient (Wildman–Crippen LogP) is 6.00. The van der Waals surface area contributed by atoms with Crippen LogP contribution < -0.4 is 0 Å². The van der Waals surface area contributed by atoms with Crippen LogP contribution in [0.1, 0.15) is 46.9 Å². The Bertz CT molecular complexity index is 714. The van der Waals surface area contributed by atoms with Gasteiger partial charge in [0.2, 0.25) is 0 Å². The number of fused-ring (bicyclic) bond motifs is 1. The van der Waals surface area contributed by atoms with Crippen LogP contribution in [-0.2, 0) is 21.0 Å². The van der Waals surface area contributed by atoms with Crippen molar-refractivity contribution < 1.29 is 9.47 Å². The molecule has 0 radical (unpaired) electrons. The highest BCUT2D eigenvalue weighted by Crippen LogP contribution is 2.40. The van der Waals surface area contributed by atoms with Gasteiger partial charge < -0.3 is 9.47 Å². The Hall–Kier alpha value is -0.940. The fourth-order valence-electron chi connectivity index (χ4n) is 3.52. The quantitative estimate of drug-likeness (QED) is 0.643. The predicted molar refractivity (Wildman–Crippen MR) is 112 cm³/mol. The molecule has 4 rings (SSSR count). The second kappa shape index (κ2) is 8.39. The molecule has 0 unspecified atom stereocenters. The first kappa shape index (κ1) is 18.4. The maximum atomic E-state index is 6.28. The Balaban J connectivity index is 1.37. The van der Waals surface area contributed by atoms with E-state index in [2.05, 4.69) is 61.6 Å². The fourth-order valence-corrected chi connectivity index (χ4v) is 6.28. The molecule has 26 heavy (non-hydrogen) atoms. The summed E-state index contributed by atoms with van der Waals surface area (Å²) in [4.78, 5) is 0. The molecule has 2 heterocycles. The highest BCUT2D eigenvalue weighted by molar-refractivity contribution is 8.16. The molecule has 2 aromatic rings. The van der Waals surface area contributed by atoms with Crippen molar-refractivity contribution in [2.75, 3.05) is 6.61 Å². The zero-order valence-corrected chi connectivity index (χ0v) is 17.1. The van der Waals surface area contributed by atoms with Crippen molar-refractivity contribution >= 4 is 23.5 Å². The molecular formula is C22H26O2S2. The number of hydrogen-bond acceptors (Lipinski definition) is 4. The second-order valence-corrected chi connectivity index (χ2v) is 9.83. The van der Waals surface area contributed by atoms with E-state index in [-0.39, 0.29) is 12.4 Å². The number of benzene rings is 2. The third kappa shape index (κ3) is 4.30. The first-order valence-electron chi connectivity index (χ1n) is 9.33. The topological polar surface area (TPSA) is 18.5 Å². The van der Waals surface area contributed by atoms with Gasteiger partial charge in [0.1, 0.15) is 0 Å². The summed E-state index contributed by atoms with van der Waals surface area (Å²) in [6.45, 7) is 5.22. The average molecular weight is 387 g/mol. The van der Waals surface area contributed by atoms with E-state index in [1.807, 2.05) is 18.2 Å². The van der Waals surface area contributed by atoms with Gasteiger partial charge in [0.15, 0.2) is 6.29 Å². The largest absolute Gasteiger partial charge is 0.348 e. The Morgan fingerprint density at radius 2 is 1.62 bits per heavy atom. The summed E-state index contributed by atoms with van der Waals surface area (Å²) in [5.74, 6) is 2.22. The molecule has 0 saturated carbocycles. The first-order valence-corrected chi connectivity index (χ1v) is 11.4. The van der Waals surface area contributed by atoms with Crippen molar-refractivity contribution in [1.29, 1.82) is 0 Å². The van der Waals surface area contributed by atoms with Gasteiger partial charge in [-0.2, -0.15) is 0 Å². The molecule has 4 heteroatoms. The summed E-state index contributed by atoms with van der Waals surface area (Å²) >= 11 is 4.15. The van der Waals surface area contributed by atoms with E-state index in [0.29, 0.717) is 4.58 Å². The van der Waals surface area contributed by atoms with Gasteiger partial charge in [-0.3, -0.25) is 0 Å². The summed E-state index contributed by atoms with van der Waals surface area (Å²) in [5, 5.41) is 0. The molecule has 2 nitrogen and oxygen atoms in total. The van der Waals surface area contributed by atoms with Gasteiger partial charge >= 0.3 is 0 Å². The average Bonchev–Trinajstić information content (AvgIpc) is 2.86. The second-order valence-electron chi connectivity index (χ2n) is 7.15. The van der Waals surface area contributed by atoms with E-state index in [4.69, 9.17) is 9.47 Å². The first-order chi connectivity index (χ1) is 12.7. The van der Waals surface area contributed by atoms with Crippen LogP contribution in [0.15, 0.2) is 42.5 Å². The minimum absolute atomic E-state index is 0.210. The highest BCUT2D eigenvalue weighted by Gasteiger charge is 2.28. The number of ether oxygens (including phenoxy) is 2. The van der Waals surface area contributed by atoms with E-state index >= 15 is 0 Å². The van der Waals surface area contributed by atoms with Crippen molar-refractivity contribution in [2.24, 2.45) is 0 Å². The lowest BCUT2D eigenvalue weighted by Crippen LogP contribution is -2.29. The summed E-state index contributed by atoms with van der Waals surface area (Å²) in [5.41, 5.74) is 6.97. The van der Waals surface area contributed by atoms with Gasteiger partial charge in [-0.1, -0.05) is 42.5 Å². The summed E-state index contributed by atoms with van der Waals surface area (Å²) in [6.07, 6.45) is 2.15. The molecule has 2 atom stereocenters. The third-order valence-electron chi connectivity index (χ3n) is 5.22. The van der Waals surface area contributed by atoms with Crippen molar-refractivity contribution in [3.63, 3.8) is 0 Å². The molecule has 0 spiro atoms. The van der Waals surface area contributed by atoms with E-state index in [9.17, 15) is 0 Å². The smallest absolute Gasteiger partial charge is 0.184 e. The minimum Gasteiger partial charge on any atom is -0.348 e. The maximum Gasteiger partial charge on any atom is 0.184 e. The van der Waals surface area contributed by atoms with Gasteiger partial charge in [0.05, 0.1) is 17.3 Å². The molecule has 0 aliphatic carbocycles. The number of aryl methyl sites for hydroxylation is 2. The number of thioether (sulfide) groups is 2. The summed E-state index contributed by atoms with van der Waals surface area (Å²) in [7, 11) is 0. The van der Waals surface area contributed by atoms with Crippen LogP contribution in [0, 0.1) is 13.8 Å². The van der Waals surface area contributed by atoms with Crippen LogP contribution in [0.3, 0.4) is 0 Å². The molecule has 0 amide bonds. The van der Waals surface area contributed by atoms with Gasteiger partial charge in [-0.25, -0.2) is 0 Å². The molecular weight excluding hydrogens is 360 g/mol. The van der Waals surface area contributed by atoms with Crippen molar-refractivity contribution in [3.8, 4) is 0 Å². The number of hydrogen-bond donors (Lipinski definition) is 0. The van der Waals surface area contributed by atoms with Crippen molar-refractivity contribution in [3.05, 3.63) is 70.3 Å². The molecule has 1 saturated heterocycles. The van der Waals surface area contributed by atoms with Crippen LogP contribution >= 0.6 is 23.5 Å². The molecule has 0 aromatic heterocycles. The van der Waals surface area contributed by atoms with Crippen molar-refractivity contribution in [2.45, 2.75) is 55.2 Å². The molecule has 138 valence electrons. The molecule has 0 N–H and O–H groups in total. The van der Waals surface area contributed by atoms with Gasteiger partial charge in [-0.15, -0.1) is 23.5 Å². The van der Waals surface area contributed by atoms with Gasteiger partial charge in [-0.05, 0) is 48.9 Å². The van der Waals surface area contributed by atoms with E-state index in [0.717, 1.165) is 36.5 Å². The van der Waals surface area contributed by atoms with Gasteiger partial charge in [0, 0.05) is 17.1 Å². The fraction of sp³-hybridized carbons (Fsp3) is 0.455. The van der Waals surface area contributed by atoms with Gasteiger partial charge in [0.25, 0.3) is 0 Å². The molecule has 2 aliphatic heterocycles. The monoisotopic (exact) mass is 386 g/mol. The van der Waals surface area contributed by atoms with Crippen molar-refractivity contribution in [1.82, 2.24) is 0 Å². The Morgan fingerprint density at radius 3 is 2.27 bits per heavy atom. The zero-order chi connectivity index (χ0) is 17.9. The third-order valence-corrected chi connectivity index (χ3v) is 8.12. The number of rotatable bonds is 3. The minimum atomic E-state index is -0.210. The highest BCUT2D eigenvalue weighted by atomic mass is 32.2. The normalized spacial score (nSPS) is 24.1. The van der Waals surface area contributed by atoms with E-state index < -0.39 is 0 Å². The Kier molecular flexibility index (Phi) is 5.94. The zero-order valence-electron chi connectivity index (χ0n) is 15.4. The summed E-state index contributed by atoms with van der Waals surface area (Å²) in [6, 6.07) is 15.1. The maximum absolute atomic E-state index is 6.28. The van der Waals surface area contributed by atoms with Crippen LogP contribution in [0.4, 0.5) is 0 Å². The van der Waals surface area contributed by atoms with E-state index in [1.165, 1.54) is 22.3 Å². The van der Waals surface area contributed by atoms with Crippen LogP contribution in [-0.4, -0.2) is 17.3 Å². The van der Waals surface area contributed by atoms with Crippen LogP contribution in [0.25, 0.3) is 0 Å². The van der Waals surface area contributed by atoms with Crippen LogP contribution in [0.5, 0.6) is 0 Å². The molecule has 2 aromatic carbocycles. The Labute approximate surface area is 165 Å². The SMILES string of the molecule is Cc1cc2c(cc1C)CSC(C[C@H]1CCO[C@H](c3ccccc3)O1)SC2. The standard InChI is InChI=1S/C22H26O2S2/c1-15-10-18-13-25-21(26-14-19(18)11-16(15)2)12-20-8-9-23-22(24-20)17-6-4-3-5-7-17/h3-7,10-11,20-22H,8-9,12-14H2,1-2H3/t20-,22+/m1/s1. The van der Waals surface area contributed by atoms with Crippen LogP contribution in [0.2, 0.25) is 0 Å². The molecule has 1 fully saturated rings. The lowest BCUT2D eigenvalue weighted by atomic mass is 10.0. The van der Waals surface area contributed by atoms with E-state index in [1.54, 1.807) is 0 Å².